The topological polar surface area (TPSA) is 50.6 Å². The molecule has 3 aromatic rings. The van der Waals surface area contributed by atoms with Gasteiger partial charge in [-0.3, -0.25) is 9.98 Å². The molecule has 6 heteroatoms. The van der Waals surface area contributed by atoms with Crippen molar-refractivity contribution in [3.05, 3.63) is 65.0 Å². The van der Waals surface area contributed by atoms with Gasteiger partial charge in [0.05, 0.1) is 5.52 Å². The Hall–Kier alpha value is -2.44. The van der Waals surface area contributed by atoms with E-state index in [9.17, 15) is 0 Å². The first-order chi connectivity index (χ1) is 14.6. The number of pyridine rings is 2. The molecule has 0 unspecified atom stereocenters. The van der Waals surface area contributed by atoms with Crippen LogP contribution in [0.25, 0.3) is 10.9 Å². The lowest BCUT2D eigenvalue weighted by Crippen LogP contribution is -2.32. The molecule has 0 saturated heterocycles. The molecule has 0 aliphatic carbocycles. The van der Waals surface area contributed by atoms with Crippen LogP contribution in [0.1, 0.15) is 35.6 Å². The summed E-state index contributed by atoms with van der Waals surface area (Å²) < 4.78 is 5.46. The maximum absolute atomic E-state index is 5.46. The highest BCUT2D eigenvalue weighted by Crippen LogP contribution is 2.34. The first-order valence-corrected chi connectivity index (χ1v) is 11.3. The van der Waals surface area contributed by atoms with Gasteiger partial charge in [-0.05, 0) is 79.9 Å². The summed E-state index contributed by atoms with van der Waals surface area (Å²) in [6, 6.07) is 10.8. The lowest BCUT2D eigenvalue weighted by molar-refractivity contribution is 0.146. The predicted molar refractivity (Wildman–Crippen MR) is 124 cm³/mol. The number of fused-ring (bicyclic) bond motifs is 2. The van der Waals surface area contributed by atoms with Crippen LogP contribution >= 0.6 is 11.8 Å². The third kappa shape index (κ3) is 4.82. The van der Waals surface area contributed by atoms with E-state index in [4.69, 9.17) is 14.7 Å². The van der Waals surface area contributed by atoms with Crippen LogP contribution in [0.4, 0.5) is 0 Å². The largest absolute Gasteiger partial charge is 0.382 e. The Morgan fingerprint density at radius 2 is 2.07 bits per heavy atom. The minimum atomic E-state index is 0.749. The van der Waals surface area contributed by atoms with Gasteiger partial charge in [-0.25, -0.2) is 4.98 Å². The van der Waals surface area contributed by atoms with E-state index in [0.29, 0.717) is 0 Å². The van der Waals surface area contributed by atoms with Crippen molar-refractivity contribution < 1.29 is 4.74 Å². The van der Waals surface area contributed by atoms with Gasteiger partial charge in [0.1, 0.15) is 5.03 Å². The Bertz CT molecular complexity index is 1050. The lowest BCUT2D eigenvalue weighted by Gasteiger charge is -2.31. The predicted octanol–water partition coefficient (Wildman–Crippen LogP) is 5.14. The summed E-state index contributed by atoms with van der Waals surface area (Å²) >= 11 is 1.68. The number of benzene rings is 1. The zero-order valence-electron chi connectivity index (χ0n) is 17.9. The molecule has 30 heavy (non-hydrogen) atoms. The zero-order valence-corrected chi connectivity index (χ0v) is 18.7. The van der Waals surface area contributed by atoms with Crippen LogP contribution in [0.2, 0.25) is 0 Å². The van der Waals surface area contributed by atoms with Crippen LogP contribution in [0.3, 0.4) is 0 Å². The molecule has 0 amide bonds. The van der Waals surface area contributed by atoms with Crippen LogP contribution in [-0.2, 0) is 17.8 Å². The highest BCUT2D eigenvalue weighted by atomic mass is 32.2. The van der Waals surface area contributed by atoms with Crippen molar-refractivity contribution in [2.45, 2.75) is 45.3 Å². The second-order valence-electron chi connectivity index (χ2n) is 7.62. The molecule has 2 aromatic heterocycles. The van der Waals surface area contributed by atoms with Gasteiger partial charge in [0.15, 0.2) is 5.17 Å². The van der Waals surface area contributed by atoms with Gasteiger partial charge in [0, 0.05) is 56.2 Å². The van der Waals surface area contributed by atoms with Crippen molar-refractivity contribution in [1.82, 2.24) is 14.9 Å². The number of aryl methyl sites for hydroxylation is 2. The molecule has 0 bridgehead atoms. The van der Waals surface area contributed by atoms with Crippen molar-refractivity contribution >= 4 is 27.8 Å². The van der Waals surface area contributed by atoms with Crippen LogP contribution in [0.15, 0.2) is 52.7 Å². The molecule has 1 aliphatic heterocycles. The van der Waals surface area contributed by atoms with E-state index < -0.39 is 0 Å². The SMILES string of the molecule is CCOCCCN=C1Sc2nc3cc(C)c(C)cc3cc2CN1Cc1cccnc1. The molecule has 0 saturated carbocycles. The Kier molecular flexibility index (Phi) is 6.65. The number of thioether (sulfide) groups is 1. The highest BCUT2D eigenvalue weighted by molar-refractivity contribution is 8.13. The van der Waals surface area contributed by atoms with Crippen molar-refractivity contribution in [3.8, 4) is 0 Å². The van der Waals surface area contributed by atoms with Crippen LogP contribution < -0.4 is 0 Å². The van der Waals surface area contributed by atoms with E-state index in [1.807, 2.05) is 25.4 Å². The van der Waals surface area contributed by atoms with E-state index in [2.05, 4.69) is 48.0 Å². The molecule has 0 spiro atoms. The third-order valence-electron chi connectivity index (χ3n) is 5.28. The first kappa shape index (κ1) is 20.8. The van der Waals surface area contributed by atoms with Crippen molar-refractivity contribution in [3.63, 3.8) is 0 Å². The van der Waals surface area contributed by atoms with Crippen molar-refractivity contribution in [2.75, 3.05) is 19.8 Å². The molecule has 0 radical (unpaired) electrons. The van der Waals surface area contributed by atoms with Crippen LogP contribution in [0, 0.1) is 13.8 Å². The Balaban J connectivity index is 1.63. The van der Waals surface area contributed by atoms with Gasteiger partial charge < -0.3 is 9.64 Å². The molecule has 0 N–H and O–H groups in total. The summed E-state index contributed by atoms with van der Waals surface area (Å²) in [5.41, 5.74) is 6.08. The average Bonchev–Trinajstić information content (AvgIpc) is 2.74. The fourth-order valence-electron chi connectivity index (χ4n) is 3.55. The van der Waals surface area contributed by atoms with Crippen molar-refractivity contribution in [2.24, 2.45) is 4.99 Å². The average molecular weight is 421 g/mol. The molecular formula is C24H28N4OS. The number of aromatic nitrogens is 2. The molecule has 3 heterocycles. The Morgan fingerprint density at radius 3 is 2.87 bits per heavy atom. The van der Waals surface area contributed by atoms with E-state index in [0.717, 1.165) is 55.0 Å². The van der Waals surface area contributed by atoms with Crippen LogP contribution in [0.5, 0.6) is 0 Å². The van der Waals surface area contributed by atoms with Crippen LogP contribution in [-0.4, -0.2) is 39.8 Å². The number of ether oxygens (including phenoxy) is 1. The third-order valence-corrected chi connectivity index (χ3v) is 6.40. The monoisotopic (exact) mass is 420 g/mol. The van der Waals surface area contributed by atoms with E-state index in [1.165, 1.54) is 27.6 Å². The molecule has 1 aliphatic rings. The van der Waals surface area contributed by atoms with E-state index >= 15 is 0 Å². The summed E-state index contributed by atoms with van der Waals surface area (Å²) in [5, 5.41) is 3.30. The fourth-order valence-corrected chi connectivity index (χ4v) is 4.53. The molecule has 0 fully saturated rings. The number of rotatable bonds is 7. The fraction of sp³-hybridized carbons (Fsp3) is 0.375. The first-order valence-electron chi connectivity index (χ1n) is 10.5. The van der Waals surface area contributed by atoms with Gasteiger partial charge in [-0.2, -0.15) is 0 Å². The lowest BCUT2D eigenvalue weighted by atomic mass is 10.0. The van der Waals surface area contributed by atoms with Crippen molar-refractivity contribution in [1.29, 1.82) is 0 Å². The summed E-state index contributed by atoms with van der Waals surface area (Å²) in [4.78, 5) is 16.5. The molecule has 0 atom stereocenters. The summed E-state index contributed by atoms with van der Waals surface area (Å²) in [6.45, 7) is 10.2. The minimum absolute atomic E-state index is 0.749. The molecule has 1 aromatic carbocycles. The Morgan fingerprint density at radius 1 is 1.20 bits per heavy atom. The summed E-state index contributed by atoms with van der Waals surface area (Å²) in [6.07, 6.45) is 4.67. The summed E-state index contributed by atoms with van der Waals surface area (Å²) in [5.74, 6) is 0. The molecule has 156 valence electrons. The van der Waals surface area contributed by atoms with Gasteiger partial charge >= 0.3 is 0 Å². The normalized spacial score (nSPS) is 15.0. The van der Waals surface area contributed by atoms with E-state index in [1.54, 1.807) is 11.8 Å². The molecule has 4 rings (SSSR count). The second kappa shape index (κ2) is 9.58. The summed E-state index contributed by atoms with van der Waals surface area (Å²) in [7, 11) is 0. The standard InChI is InChI=1S/C24H28N4OS/c1-4-29-10-6-9-26-24-28(15-19-7-5-8-25-14-19)16-21-13-20-11-17(2)18(3)12-22(20)27-23(21)30-24/h5,7-8,11-14H,4,6,9-10,15-16H2,1-3H3. The maximum atomic E-state index is 5.46. The smallest absolute Gasteiger partial charge is 0.166 e. The highest BCUT2D eigenvalue weighted by Gasteiger charge is 2.24. The second-order valence-corrected chi connectivity index (χ2v) is 8.57. The van der Waals surface area contributed by atoms with Gasteiger partial charge in [-0.1, -0.05) is 6.07 Å². The maximum Gasteiger partial charge on any atom is 0.166 e. The number of amidine groups is 1. The minimum Gasteiger partial charge on any atom is -0.382 e. The number of hydrogen-bond acceptors (Lipinski definition) is 5. The quantitative estimate of drug-likeness (QED) is 0.496. The van der Waals surface area contributed by atoms with Gasteiger partial charge in [-0.15, -0.1) is 0 Å². The van der Waals surface area contributed by atoms with Gasteiger partial charge in [0.25, 0.3) is 0 Å². The van der Waals surface area contributed by atoms with Gasteiger partial charge in [0.2, 0.25) is 0 Å². The number of hydrogen-bond donors (Lipinski definition) is 0. The van der Waals surface area contributed by atoms with E-state index in [-0.39, 0.29) is 0 Å². The Labute approximate surface area is 182 Å². The zero-order chi connectivity index (χ0) is 20.9. The number of nitrogens with zero attached hydrogens (tertiary/aromatic N) is 4. The molecular weight excluding hydrogens is 392 g/mol. The molecule has 5 nitrogen and oxygen atoms in total. The number of aliphatic imine (C=N–C) groups is 1.